The Kier molecular flexibility index (Phi) is 8.21. The zero-order chi connectivity index (χ0) is 31.8. The molecule has 8 rings (SSSR count). The molecule has 2 fully saturated rings. The summed E-state index contributed by atoms with van der Waals surface area (Å²) >= 11 is 0. The molecule has 3 aromatic rings. The zero-order valence-corrected chi connectivity index (χ0v) is 25.8. The molecule has 10 heteroatoms. The van der Waals surface area contributed by atoms with Gasteiger partial charge < -0.3 is 29.3 Å². The molecule has 2 aliphatic carbocycles. The van der Waals surface area contributed by atoms with Crippen LogP contribution in [-0.4, -0.2) is 78.2 Å². The van der Waals surface area contributed by atoms with E-state index < -0.39 is 12.1 Å². The van der Waals surface area contributed by atoms with E-state index in [1.54, 1.807) is 35.1 Å². The van der Waals surface area contributed by atoms with Gasteiger partial charge in [0.05, 0.1) is 32.4 Å². The Labute approximate surface area is 267 Å². The van der Waals surface area contributed by atoms with Gasteiger partial charge in [0.2, 0.25) is 11.8 Å². The number of nitrogens with one attached hydrogen (secondary N) is 1. The molecule has 1 saturated heterocycles. The van der Waals surface area contributed by atoms with Gasteiger partial charge in [-0.25, -0.2) is 0 Å². The topological polar surface area (TPSA) is 114 Å². The number of fused-ring (bicyclic) bond motifs is 10. The average Bonchev–Trinajstić information content (AvgIpc) is 3.73. The van der Waals surface area contributed by atoms with Crippen molar-refractivity contribution in [1.29, 1.82) is 0 Å². The summed E-state index contributed by atoms with van der Waals surface area (Å²) in [6, 6.07) is 18.1. The van der Waals surface area contributed by atoms with Crippen molar-refractivity contribution in [3.63, 3.8) is 0 Å². The third kappa shape index (κ3) is 6.22. The lowest BCUT2D eigenvalue weighted by Crippen LogP contribution is -2.49. The molecule has 5 aliphatic rings. The quantitative estimate of drug-likeness (QED) is 0.468. The predicted molar refractivity (Wildman–Crippen MR) is 168 cm³/mol. The Bertz CT molecular complexity index is 1700. The molecule has 4 bridgehead atoms. The Hall–Kier alpha value is -4.70. The molecular formula is C36H37N3O7. The lowest BCUT2D eigenvalue weighted by atomic mass is 10.0. The maximum Gasteiger partial charge on any atom is 0.254 e. The summed E-state index contributed by atoms with van der Waals surface area (Å²) in [6.45, 7) is 0.703. The first-order valence-corrected chi connectivity index (χ1v) is 15.9. The summed E-state index contributed by atoms with van der Waals surface area (Å²) in [5.41, 5.74) is 3.73. The Morgan fingerprint density at radius 1 is 0.913 bits per heavy atom. The van der Waals surface area contributed by atoms with Crippen LogP contribution in [-0.2, 0) is 33.8 Å². The van der Waals surface area contributed by atoms with Crippen molar-refractivity contribution >= 4 is 23.5 Å². The van der Waals surface area contributed by atoms with Crippen LogP contribution in [0.25, 0.3) is 0 Å². The number of rotatable bonds is 3. The van der Waals surface area contributed by atoms with Crippen LogP contribution < -0.4 is 14.8 Å². The monoisotopic (exact) mass is 623 g/mol. The summed E-state index contributed by atoms with van der Waals surface area (Å²) in [6.07, 6.45) is 2.97. The van der Waals surface area contributed by atoms with Gasteiger partial charge in [-0.05, 0) is 72.7 Å². The van der Waals surface area contributed by atoms with Gasteiger partial charge in [0, 0.05) is 43.1 Å². The molecule has 46 heavy (non-hydrogen) atoms. The molecule has 3 amide bonds. The van der Waals surface area contributed by atoms with Crippen molar-refractivity contribution < 1.29 is 33.4 Å². The number of nitrogens with zero attached hydrogens (tertiary/aromatic N) is 2. The number of hydrogen-bond donors (Lipinski definition) is 1. The highest BCUT2D eigenvalue weighted by atomic mass is 16.5. The van der Waals surface area contributed by atoms with E-state index in [0.29, 0.717) is 47.6 Å². The van der Waals surface area contributed by atoms with Crippen molar-refractivity contribution in [3.05, 3.63) is 88.5 Å². The molecule has 10 nitrogen and oxygen atoms in total. The summed E-state index contributed by atoms with van der Waals surface area (Å²) in [5, 5.41) is 3.09. The molecule has 0 spiro atoms. The van der Waals surface area contributed by atoms with Crippen molar-refractivity contribution in [3.8, 4) is 17.2 Å². The van der Waals surface area contributed by atoms with Gasteiger partial charge in [-0.1, -0.05) is 30.3 Å². The highest BCUT2D eigenvalue weighted by Crippen LogP contribution is 2.34. The summed E-state index contributed by atoms with van der Waals surface area (Å²) in [5.74, 6) is 1.25. The third-order valence-corrected chi connectivity index (χ3v) is 9.28. The van der Waals surface area contributed by atoms with Crippen molar-refractivity contribution in [2.75, 3.05) is 26.7 Å². The van der Waals surface area contributed by atoms with Gasteiger partial charge in [-0.2, -0.15) is 0 Å². The first kappa shape index (κ1) is 30.0. The molecule has 3 heterocycles. The smallest absolute Gasteiger partial charge is 0.254 e. The zero-order valence-electron chi connectivity index (χ0n) is 25.8. The minimum atomic E-state index is -0.490. The summed E-state index contributed by atoms with van der Waals surface area (Å²) in [7, 11) is 1.58. The lowest BCUT2D eigenvalue weighted by molar-refractivity contribution is -0.137. The molecular weight excluding hydrogens is 586 g/mol. The van der Waals surface area contributed by atoms with Crippen LogP contribution in [0.3, 0.4) is 0 Å². The first-order chi connectivity index (χ1) is 22.4. The van der Waals surface area contributed by atoms with Crippen LogP contribution in [0.1, 0.15) is 63.1 Å². The molecule has 3 aliphatic heterocycles. The Morgan fingerprint density at radius 2 is 1.76 bits per heavy atom. The van der Waals surface area contributed by atoms with E-state index >= 15 is 0 Å². The van der Waals surface area contributed by atoms with E-state index in [9.17, 15) is 19.2 Å². The fourth-order valence-electron chi connectivity index (χ4n) is 6.70. The van der Waals surface area contributed by atoms with Gasteiger partial charge >= 0.3 is 0 Å². The van der Waals surface area contributed by atoms with Crippen LogP contribution in [0, 0.1) is 0 Å². The second-order valence-corrected chi connectivity index (χ2v) is 12.5. The van der Waals surface area contributed by atoms with Gasteiger partial charge in [0.15, 0.2) is 17.3 Å². The number of hydrogen-bond acceptors (Lipinski definition) is 7. The van der Waals surface area contributed by atoms with Crippen molar-refractivity contribution in [2.24, 2.45) is 0 Å². The number of ketones is 1. The Morgan fingerprint density at radius 3 is 2.59 bits per heavy atom. The number of Topliss-reactive ketones (excluding diaryl/α,β-unsaturated/α-hetero) is 1. The number of aryl methyl sites for hydroxylation is 1. The number of carbonyl (C=O) groups excluding carboxylic acids is 4. The maximum absolute atomic E-state index is 13.8. The van der Waals surface area contributed by atoms with Crippen LogP contribution >= 0.6 is 0 Å². The molecule has 238 valence electrons. The molecule has 1 N–H and O–H groups in total. The van der Waals surface area contributed by atoms with E-state index in [1.165, 1.54) is 0 Å². The first-order valence-electron chi connectivity index (χ1n) is 15.9. The minimum absolute atomic E-state index is 0.0485. The van der Waals surface area contributed by atoms with E-state index in [1.807, 2.05) is 42.5 Å². The van der Waals surface area contributed by atoms with Gasteiger partial charge in [-0.3, -0.25) is 19.2 Å². The number of ether oxygens (including phenoxy) is 3. The number of likely N-dealkylation sites (tertiary alicyclic amines) is 1. The SMILES string of the molecule is COc1cc2ccc1Oc1cccc(c1)CO[C@H]1CN(C(=O)c3cccc4c3CCC4=O)C[C@@H]1NC(=O)CN(C1CC1)C(=O)CC2. The van der Waals surface area contributed by atoms with E-state index in [0.717, 1.165) is 29.5 Å². The molecule has 1 saturated carbocycles. The molecule has 0 aromatic heterocycles. The van der Waals surface area contributed by atoms with Crippen LogP contribution in [0.2, 0.25) is 0 Å². The van der Waals surface area contributed by atoms with Gasteiger partial charge in [0.25, 0.3) is 5.91 Å². The fourth-order valence-corrected chi connectivity index (χ4v) is 6.70. The largest absolute Gasteiger partial charge is 0.493 e. The van der Waals surface area contributed by atoms with E-state index in [4.69, 9.17) is 14.2 Å². The van der Waals surface area contributed by atoms with Crippen molar-refractivity contribution in [2.45, 2.75) is 63.3 Å². The number of carbonyl (C=O) groups is 4. The standard InChI is InChI=1S/C36H37N3O7/c1-44-32-17-22-8-14-31(32)46-25-5-2-4-23(16-25)21-45-33-19-38(36(43)28-7-3-6-27-26(28)12-13-30(27)40)18-29(33)37-34(41)20-39(24-10-11-24)35(42)15-9-22/h2-8,14,16-17,24,29,33H,9-13,15,18-21H2,1H3,(H,37,41)/t29-,33-/m0/s1. The number of amides is 3. The van der Waals surface area contributed by atoms with E-state index in [2.05, 4.69) is 5.32 Å². The summed E-state index contributed by atoms with van der Waals surface area (Å²) in [4.78, 5) is 56.4. The second-order valence-electron chi connectivity index (χ2n) is 12.5. The van der Waals surface area contributed by atoms with E-state index in [-0.39, 0.29) is 62.2 Å². The van der Waals surface area contributed by atoms with Gasteiger partial charge in [0.1, 0.15) is 5.75 Å². The Balaban J connectivity index is 1.16. The number of benzene rings is 3. The molecule has 0 unspecified atom stereocenters. The minimum Gasteiger partial charge on any atom is -0.493 e. The van der Waals surface area contributed by atoms with Crippen molar-refractivity contribution in [1.82, 2.24) is 15.1 Å². The summed E-state index contributed by atoms with van der Waals surface area (Å²) < 4.78 is 18.2. The highest BCUT2D eigenvalue weighted by Gasteiger charge is 2.40. The fraction of sp³-hybridized carbons (Fsp3) is 0.389. The molecule has 2 atom stereocenters. The van der Waals surface area contributed by atoms with Crippen LogP contribution in [0.15, 0.2) is 60.7 Å². The molecule has 0 radical (unpaired) electrons. The van der Waals surface area contributed by atoms with Crippen LogP contribution in [0.5, 0.6) is 17.2 Å². The maximum atomic E-state index is 13.8. The van der Waals surface area contributed by atoms with Crippen LogP contribution in [0.4, 0.5) is 0 Å². The normalized spacial score (nSPS) is 21.9. The third-order valence-electron chi connectivity index (χ3n) is 9.28. The number of methoxy groups -OCH3 is 1. The van der Waals surface area contributed by atoms with Gasteiger partial charge in [-0.15, -0.1) is 0 Å². The predicted octanol–water partition coefficient (Wildman–Crippen LogP) is 4.08. The second kappa shape index (κ2) is 12.6. The highest BCUT2D eigenvalue weighted by molar-refractivity contribution is 6.05. The molecule has 3 aromatic carbocycles. The lowest BCUT2D eigenvalue weighted by Gasteiger charge is -2.25. The average molecular weight is 624 g/mol.